The molecule has 1 saturated heterocycles. The molecule has 1 fully saturated rings. The zero-order valence-corrected chi connectivity index (χ0v) is 16.6. The van der Waals surface area contributed by atoms with E-state index >= 15 is 0 Å². The van der Waals surface area contributed by atoms with E-state index in [1.807, 2.05) is 35.0 Å². The molecule has 2 aromatic carbocycles. The molecule has 138 valence electrons. The monoisotopic (exact) mass is 426 g/mol. The van der Waals surface area contributed by atoms with Gasteiger partial charge in [-0.05, 0) is 36.0 Å². The highest BCUT2D eigenvalue weighted by Gasteiger charge is 2.24. The highest BCUT2D eigenvalue weighted by molar-refractivity contribution is 8.18. The molecule has 4 rings (SSSR count). The van der Waals surface area contributed by atoms with Crippen molar-refractivity contribution in [3.63, 3.8) is 0 Å². The largest absolute Gasteiger partial charge is 0.333 e. The van der Waals surface area contributed by atoms with Crippen molar-refractivity contribution in [3.05, 3.63) is 69.2 Å². The molecule has 0 spiro atoms. The van der Waals surface area contributed by atoms with E-state index in [4.69, 9.17) is 28.5 Å². The van der Waals surface area contributed by atoms with Gasteiger partial charge in [0.15, 0.2) is 5.17 Å². The molecular formula is C20H12Cl2N4OS. The van der Waals surface area contributed by atoms with Crippen molar-refractivity contribution >= 4 is 68.7 Å². The van der Waals surface area contributed by atoms with Crippen LogP contribution in [0.15, 0.2) is 58.6 Å². The number of nitrogens with one attached hydrogen (secondary N) is 1. The van der Waals surface area contributed by atoms with Crippen molar-refractivity contribution in [2.24, 2.45) is 4.99 Å². The summed E-state index contributed by atoms with van der Waals surface area (Å²) in [4.78, 5) is 17.3. The number of thioether (sulfide) groups is 1. The molecule has 28 heavy (non-hydrogen) atoms. The Morgan fingerprint density at radius 2 is 2.04 bits per heavy atom. The van der Waals surface area contributed by atoms with Crippen LogP contribution in [0.1, 0.15) is 5.56 Å². The molecule has 1 amide bonds. The van der Waals surface area contributed by atoms with Gasteiger partial charge >= 0.3 is 0 Å². The Labute approximate surface area is 175 Å². The van der Waals surface area contributed by atoms with Gasteiger partial charge in [-0.2, -0.15) is 5.26 Å². The number of benzene rings is 2. The number of nitriles is 1. The van der Waals surface area contributed by atoms with E-state index in [2.05, 4.69) is 16.4 Å². The van der Waals surface area contributed by atoms with Crippen LogP contribution in [0.25, 0.3) is 17.0 Å². The molecule has 3 aromatic rings. The van der Waals surface area contributed by atoms with Gasteiger partial charge in [0.05, 0.1) is 26.7 Å². The second kappa shape index (κ2) is 7.72. The molecule has 1 N–H and O–H groups in total. The second-order valence-electron chi connectivity index (χ2n) is 5.94. The summed E-state index contributed by atoms with van der Waals surface area (Å²) in [6.45, 7) is 0.239. The molecule has 0 radical (unpaired) electrons. The Kier molecular flexibility index (Phi) is 5.14. The van der Waals surface area contributed by atoms with Gasteiger partial charge < -0.3 is 9.88 Å². The molecule has 5 nitrogen and oxygen atoms in total. The number of para-hydroxylation sites is 1. The number of aliphatic imine (C=N–C) groups is 1. The van der Waals surface area contributed by atoms with Gasteiger partial charge in [0, 0.05) is 22.7 Å². The molecule has 1 aromatic heterocycles. The fraction of sp³-hybridized carbons (Fsp3) is 0.0500. The lowest BCUT2D eigenvalue weighted by atomic mass is 10.1. The number of hydrogen-bond acceptors (Lipinski definition) is 4. The van der Waals surface area contributed by atoms with E-state index < -0.39 is 0 Å². The summed E-state index contributed by atoms with van der Waals surface area (Å²) < 4.78 is 1.86. The van der Waals surface area contributed by atoms with Gasteiger partial charge in [0.1, 0.15) is 6.54 Å². The lowest BCUT2D eigenvalue weighted by Crippen LogP contribution is -2.19. The van der Waals surface area contributed by atoms with Crippen LogP contribution < -0.4 is 5.32 Å². The molecule has 8 heteroatoms. The van der Waals surface area contributed by atoms with Crippen molar-refractivity contribution in [1.82, 2.24) is 9.88 Å². The van der Waals surface area contributed by atoms with Crippen LogP contribution in [0.5, 0.6) is 0 Å². The molecule has 0 bridgehead atoms. The molecule has 2 heterocycles. The summed E-state index contributed by atoms with van der Waals surface area (Å²) in [6.07, 6.45) is 3.68. The van der Waals surface area contributed by atoms with Gasteiger partial charge in [-0.1, -0.05) is 47.5 Å². The number of hydrogen-bond donors (Lipinski definition) is 1. The minimum Gasteiger partial charge on any atom is -0.333 e. The van der Waals surface area contributed by atoms with E-state index in [9.17, 15) is 4.79 Å². The summed E-state index contributed by atoms with van der Waals surface area (Å²) in [5, 5.41) is 13.9. The minimum absolute atomic E-state index is 0.237. The maximum absolute atomic E-state index is 12.4. The van der Waals surface area contributed by atoms with Crippen LogP contribution >= 0.6 is 35.0 Å². The molecule has 0 aliphatic carbocycles. The van der Waals surface area contributed by atoms with E-state index in [0.717, 1.165) is 16.5 Å². The van der Waals surface area contributed by atoms with Crippen molar-refractivity contribution < 1.29 is 4.79 Å². The van der Waals surface area contributed by atoms with Gasteiger partial charge in [0.25, 0.3) is 5.91 Å². The third kappa shape index (κ3) is 3.52. The highest BCUT2D eigenvalue weighted by Crippen LogP contribution is 2.35. The SMILES string of the molecule is N#CCn1cc(C=C2SC(=Nc3cccc(Cl)c3Cl)NC2=O)c2ccccc21. The highest BCUT2D eigenvalue weighted by atomic mass is 35.5. The molecule has 0 atom stereocenters. The Morgan fingerprint density at radius 3 is 2.86 bits per heavy atom. The first kappa shape index (κ1) is 18.6. The average Bonchev–Trinajstić information content (AvgIpc) is 3.20. The number of amidine groups is 1. The predicted molar refractivity (Wildman–Crippen MR) is 115 cm³/mol. The lowest BCUT2D eigenvalue weighted by molar-refractivity contribution is -0.115. The van der Waals surface area contributed by atoms with Crippen molar-refractivity contribution in [2.75, 3.05) is 0 Å². The topological polar surface area (TPSA) is 70.2 Å². The first-order valence-corrected chi connectivity index (χ1v) is 9.82. The fourth-order valence-corrected chi connectivity index (χ4v) is 4.07. The summed E-state index contributed by atoms with van der Waals surface area (Å²) >= 11 is 13.4. The first-order valence-electron chi connectivity index (χ1n) is 8.25. The number of halogens is 2. The standard InChI is InChI=1S/C20H12Cl2N4OS/c21-14-5-3-6-15(18(14)22)24-20-25-19(27)17(28-20)10-12-11-26(9-8-23)16-7-2-1-4-13(12)16/h1-7,10-11H,9H2,(H,24,25,27). The van der Waals surface area contributed by atoms with E-state index in [0.29, 0.717) is 25.8 Å². The molecule has 1 aliphatic rings. The van der Waals surface area contributed by atoms with Gasteiger partial charge in [-0.15, -0.1) is 0 Å². The van der Waals surface area contributed by atoms with Crippen molar-refractivity contribution in [2.45, 2.75) is 6.54 Å². The summed E-state index contributed by atoms with van der Waals surface area (Å²) in [5.74, 6) is -0.237. The number of aromatic nitrogens is 1. The maximum atomic E-state index is 12.4. The zero-order valence-electron chi connectivity index (χ0n) is 14.3. The number of fused-ring (bicyclic) bond motifs is 1. The molecule has 1 aliphatic heterocycles. The normalized spacial score (nSPS) is 16.7. The molecule has 0 unspecified atom stereocenters. The predicted octanol–water partition coefficient (Wildman–Crippen LogP) is 5.36. The van der Waals surface area contributed by atoms with Crippen LogP contribution in [-0.2, 0) is 11.3 Å². The number of carbonyl (C=O) groups excluding carboxylic acids is 1. The number of carbonyl (C=O) groups is 1. The van der Waals surface area contributed by atoms with Gasteiger partial charge in [-0.25, -0.2) is 4.99 Å². The lowest BCUT2D eigenvalue weighted by Gasteiger charge is -2.00. The van der Waals surface area contributed by atoms with E-state index in [-0.39, 0.29) is 12.5 Å². The van der Waals surface area contributed by atoms with E-state index in [1.54, 1.807) is 24.3 Å². The maximum Gasteiger partial charge on any atom is 0.264 e. The summed E-state index contributed by atoms with van der Waals surface area (Å²) in [5.41, 5.74) is 2.30. The Morgan fingerprint density at radius 1 is 1.21 bits per heavy atom. The summed E-state index contributed by atoms with van der Waals surface area (Å²) in [7, 11) is 0. The number of nitrogens with zero attached hydrogens (tertiary/aromatic N) is 3. The van der Waals surface area contributed by atoms with Crippen LogP contribution in [-0.4, -0.2) is 15.6 Å². The average molecular weight is 427 g/mol. The van der Waals surface area contributed by atoms with Crippen LogP contribution in [0, 0.1) is 11.3 Å². The van der Waals surface area contributed by atoms with E-state index in [1.165, 1.54) is 11.8 Å². The van der Waals surface area contributed by atoms with Crippen molar-refractivity contribution in [1.29, 1.82) is 5.26 Å². The van der Waals surface area contributed by atoms with Gasteiger partial charge in [-0.3, -0.25) is 4.79 Å². The number of amides is 1. The third-order valence-corrected chi connectivity index (χ3v) is 5.87. The van der Waals surface area contributed by atoms with Gasteiger partial charge in [0.2, 0.25) is 0 Å². The number of rotatable bonds is 3. The zero-order chi connectivity index (χ0) is 19.7. The molecular weight excluding hydrogens is 415 g/mol. The van der Waals surface area contributed by atoms with Crippen LogP contribution in [0.3, 0.4) is 0 Å². The summed E-state index contributed by atoms with van der Waals surface area (Å²) in [6, 6.07) is 15.1. The molecule has 0 saturated carbocycles. The quantitative estimate of drug-likeness (QED) is 0.572. The van der Waals surface area contributed by atoms with Crippen molar-refractivity contribution in [3.8, 4) is 6.07 Å². The second-order valence-corrected chi connectivity index (χ2v) is 7.76. The van der Waals surface area contributed by atoms with Crippen LogP contribution in [0.2, 0.25) is 10.0 Å². The smallest absolute Gasteiger partial charge is 0.264 e. The Hall–Kier alpha value is -2.72. The minimum atomic E-state index is -0.237. The Balaban J connectivity index is 1.69. The first-order chi connectivity index (χ1) is 13.6. The van der Waals surface area contributed by atoms with Crippen LogP contribution in [0.4, 0.5) is 5.69 Å². The fourth-order valence-electron chi connectivity index (χ4n) is 2.91. The Bertz CT molecular complexity index is 1210. The third-order valence-electron chi connectivity index (χ3n) is 4.15.